The van der Waals surface area contributed by atoms with Crippen LogP contribution in [-0.4, -0.2) is 21.2 Å². The third-order valence-electron chi connectivity index (χ3n) is 3.94. The van der Waals surface area contributed by atoms with E-state index in [1.807, 2.05) is 37.4 Å². The fourth-order valence-corrected chi connectivity index (χ4v) is 2.80. The number of aromatic nitrogens is 3. The summed E-state index contributed by atoms with van der Waals surface area (Å²) in [6.07, 6.45) is 1.83. The molecule has 2 aromatic heterocycles. The van der Waals surface area contributed by atoms with E-state index >= 15 is 0 Å². The molecule has 0 aliphatic heterocycles. The van der Waals surface area contributed by atoms with Gasteiger partial charge in [0.1, 0.15) is 0 Å². The molecule has 5 heteroatoms. The van der Waals surface area contributed by atoms with Crippen LogP contribution in [0.15, 0.2) is 47.6 Å². The Labute approximate surface area is 133 Å². The molecule has 2 heterocycles. The van der Waals surface area contributed by atoms with Gasteiger partial charge in [0.25, 0.3) is 0 Å². The first-order valence-electron chi connectivity index (χ1n) is 7.53. The van der Waals surface area contributed by atoms with Gasteiger partial charge >= 0.3 is 0 Å². The van der Waals surface area contributed by atoms with Crippen molar-refractivity contribution in [1.82, 2.24) is 15.0 Å². The summed E-state index contributed by atoms with van der Waals surface area (Å²) in [5.41, 5.74) is 9.40. The van der Waals surface area contributed by atoms with Crippen molar-refractivity contribution in [2.24, 2.45) is 5.10 Å². The van der Waals surface area contributed by atoms with E-state index < -0.39 is 0 Å². The van der Waals surface area contributed by atoms with Crippen molar-refractivity contribution in [3.8, 4) is 0 Å². The lowest BCUT2D eigenvalue weighted by Crippen LogP contribution is -1.93. The molecular weight excluding hydrogens is 286 g/mol. The molecule has 0 unspecified atom stereocenters. The van der Waals surface area contributed by atoms with E-state index in [4.69, 9.17) is 0 Å². The standard InChI is InChI=1S/C18H17N5/c1-11-7-8-16-17(9-11)22-18(21-16)23-19-10-14-12(2)20-15-6-4-3-5-13(14)15/h3-10,20H,1-2H3,(H2,21,22,23)/b19-10-. The van der Waals surface area contributed by atoms with Crippen molar-refractivity contribution >= 4 is 34.1 Å². The summed E-state index contributed by atoms with van der Waals surface area (Å²) in [6, 6.07) is 14.3. The Kier molecular flexibility index (Phi) is 3.12. The molecule has 4 aromatic rings. The fraction of sp³-hybridized carbons (Fsp3) is 0.111. The van der Waals surface area contributed by atoms with Crippen molar-refractivity contribution in [2.75, 3.05) is 5.43 Å². The summed E-state index contributed by atoms with van der Waals surface area (Å²) < 4.78 is 0. The van der Waals surface area contributed by atoms with Crippen molar-refractivity contribution in [3.63, 3.8) is 0 Å². The third kappa shape index (κ3) is 2.46. The maximum atomic E-state index is 4.47. The van der Waals surface area contributed by atoms with Crippen LogP contribution in [0.4, 0.5) is 5.95 Å². The second-order valence-corrected chi connectivity index (χ2v) is 5.69. The molecule has 2 aromatic carbocycles. The highest BCUT2D eigenvalue weighted by Gasteiger charge is 2.05. The zero-order valence-electron chi connectivity index (χ0n) is 13.0. The maximum Gasteiger partial charge on any atom is 0.222 e. The molecule has 0 spiro atoms. The van der Waals surface area contributed by atoms with Crippen LogP contribution < -0.4 is 5.43 Å². The Hall–Kier alpha value is -3.08. The fourth-order valence-electron chi connectivity index (χ4n) is 2.80. The number of para-hydroxylation sites is 1. The van der Waals surface area contributed by atoms with E-state index in [0.717, 1.165) is 33.2 Å². The number of rotatable bonds is 3. The summed E-state index contributed by atoms with van der Waals surface area (Å²) in [6.45, 7) is 4.11. The highest BCUT2D eigenvalue weighted by molar-refractivity contribution is 6.00. The summed E-state index contributed by atoms with van der Waals surface area (Å²) in [4.78, 5) is 11.1. The largest absolute Gasteiger partial charge is 0.358 e. The van der Waals surface area contributed by atoms with Gasteiger partial charge in [0.05, 0.1) is 17.2 Å². The molecular formula is C18H17N5. The number of benzene rings is 2. The topological polar surface area (TPSA) is 68.9 Å². The molecule has 0 bridgehead atoms. The van der Waals surface area contributed by atoms with Gasteiger partial charge in [-0.2, -0.15) is 5.10 Å². The monoisotopic (exact) mass is 303 g/mol. The minimum Gasteiger partial charge on any atom is -0.358 e. The summed E-state index contributed by atoms with van der Waals surface area (Å²) in [5.74, 6) is 0.638. The quantitative estimate of drug-likeness (QED) is 0.394. The average Bonchev–Trinajstić information content (AvgIpc) is 3.07. The number of hydrogen-bond donors (Lipinski definition) is 3. The average molecular weight is 303 g/mol. The second-order valence-electron chi connectivity index (χ2n) is 5.69. The summed E-state index contributed by atoms with van der Waals surface area (Å²) in [5, 5.41) is 5.49. The Balaban J connectivity index is 1.61. The van der Waals surface area contributed by atoms with Gasteiger partial charge in [0, 0.05) is 22.2 Å². The number of fused-ring (bicyclic) bond motifs is 2. The van der Waals surface area contributed by atoms with Gasteiger partial charge in [-0.1, -0.05) is 24.3 Å². The molecule has 0 aliphatic rings. The van der Waals surface area contributed by atoms with Crippen LogP contribution in [0.2, 0.25) is 0 Å². The van der Waals surface area contributed by atoms with Crippen LogP contribution in [0.25, 0.3) is 21.9 Å². The normalized spacial score (nSPS) is 11.7. The smallest absolute Gasteiger partial charge is 0.222 e. The Morgan fingerprint density at radius 2 is 1.91 bits per heavy atom. The highest BCUT2D eigenvalue weighted by Crippen LogP contribution is 2.20. The molecule has 0 saturated heterocycles. The number of nitrogens with zero attached hydrogens (tertiary/aromatic N) is 2. The first-order chi connectivity index (χ1) is 11.2. The SMILES string of the molecule is Cc1ccc2nc(N/N=C\c3c(C)[nH]c4ccccc34)[nH]c2c1. The van der Waals surface area contributed by atoms with Gasteiger partial charge in [0.15, 0.2) is 0 Å². The van der Waals surface area contributed by atoms with E-state index in [-0.39, 0.29) is 0 Å². The summed E-state index contributed by atoms with van der Waals surface area (Å²) in [7, 11) is 0. The second kappa shape index (κ2) is 5.28. The van der Waals surface area contributed by atoms with Crippen LogP contribution in [-0.2, 0) is 0 Å². The molecule has 0 atom stereocenters. The molecule has 0 saturated carbocycles. The zero-order valence-corrected chi connectivity index (χ0v) is 13.0. The molecule has 5 nitrogen and oxygen atoms in total. The van der Waals surface area contributed by atoms with Gasteiger partial charge in [-0.3, -0.25) is 0 Å². The molecule has 0 fully saturated rings. The molecule has 0 amide bonds. The van der Waals surface area contributed by atoms with E-state index in [1.165, 1.54) is 5.56 Å². The Bertz CT molecular complexity index is 1020. The maximum absolute atomic E-state index is 4.47. The van der Waals surface area contributed by atoms with E-state index in [0.29, 0.717) is 5.95 Å². The van der Waals surface area contributed by atoms with Crippen molar-refractivity contribution in [1.29, 1.82) is 0 Å². The lowest BCUT2D eigenvalue weighted by molar-refractivity contribution is 1.21. The van der Waals surface area contributed by atoms with E-state index in [9.17, 15) is 0 Å². The van der Waals surface area contributed by atoms with Crippen LogP contribution in [0.3, 0.4) is 0 Å². The molecule has 23 heavy (non-hydrogen) atoms. The van der Waals surface area contributed by atoms with Crippen molar-refractivity contribution in [2.45, 2.75) is 13.8 Å². The summed E-state index contributed by atoms with van der Waals surface area (Å²) >= 11 is 0. The van der Waals surface area contributed by atoms with Crippen molar-refractivity contribution < 1.29 is 0 Å². The number of aromatic amines is 2. The minimum atomic E-state index is 0.638. The van der Waals surface area contributed by atoms with Gasteiger partial charge < -0.3 is 9.97 Å². The third-order valence-corrected chi connectivity index (χ3v) is 3.94. The van der Waals surface area contributed by atoms with Gasteiger partial charge in [-0.05, 0) is 37.6 Å². The number of imidazole rings is 1. The number of H-pyrrole nitrogens is 2. The predicted octanol–water partition coefficient (Wildman–Crippen LogP) is 4.11. The van der Waals surface area contributed by atoms with Crippen LogP contribution in [0, 0.1) is 13.8 Å². The Morgan fingerprint density at radius 3 is 2.83 bits per heavy atom. The highest BCUT2D eigenvalue weighted by atomic mass is 15.3. The Morgan fingerprint density at radius 1 is 1.04 bits per heavy atom. The first kappa shape index (κ1) is 13.6. The van der Waals surface area contributed by atoms with Crippen molar-refractivity contribution in [3.05, 3.63) is 59.3 Å². The van der Waals surface area contributed by atoms with Gasteiger partial charge in [0.2, 0.25) is 5.95 Å². The molecule has 114 valence electrons. The molecule has 0 aliphatic carbocycles. The number of nitrogens with one attached hydrogen (secondary N) is 3. The van der Waals surface area contributed by atoms with E-state index in [1.54, 1.807) is 0 Å². The first-order valence-corrected chi connectivity index (χ1v) is 7.53. The minimum absolute atomic E-state index is 0.638. The number of hydrazone groups is 1. The number of hydrogen-bond acceptors (Lipinski definition) is 3. The van der Waals surface area contributed by atoms with Gasteiger partial charge in [-0.25, -0.2) is 10.4 Å². The van der Waals surface area contributed by atoms with E-state index in [2.05, 4.69) is 50.6 Å². The molecule has 3 N–H and O–H groups in total. The zero-order chi connectivity index (χ0) is 15.8. The number of aryl methyl sites for hydroxylation is 2. The molecule has 4 rings (SSSR count). The predicted molar refractivity (Wildman–Crippen MR) is 95.1 cm³/mol. The van der Waals surface area contributed by atoms with Crippen LogP contribution in [0.1, 0.15) is 16.8 Å². The lowest BCUT2D eigenvalue weighted by atomic mass is 10.1. The van der Waals surface area contributed by atoms with Crippen LogP contribution >= 0.6 is 0 Å². The number of anilines is 1. The van der Waals surface area contributed by atoms with Crippen LogP contribution in [0.5, 0.6) is 0 Å². The lowest BCUT2D eigenvalue weighted by Gasteiger charge is -1.95. The van der Waals surface area contributed by atoms with Gasteiger partial charge in [-0.15, -0.1) is 0 Å². The molecule has 0 radical (unpaired) electrons.